The van der Waals surface area contributed by atoms with Crippen LogP contribution in [0.25, 0.3) is 33.5 Å². The minimum absolute atomic E-state index is 0.0227. The lowest BCUT2D eigenvalue weighted by Crippen LogP contribution is -2.33. The van der Waals surface area contributed by atoms with E-state index in [1.807, 2.05) is 35.7 Å². The van der Waals surface area contributed by atoms with Gasteiger partial charge in [-0.3, -0.25) is 0 Å². The van der Waals surface area contributed by atoms with E-state index in [9.17, 15) is 0 Å². The summed E-state index contributed by atoms with van der Waals surface area (Å²) in [7, 11) is 0. The summed E-state index contributed by atoms with van der Waals surface area (Å²) in [6.45, 7) is 2.33. The Kier molecular flexibility index (Phi) is 4.96. The zero-order valence-electron chi connectivity index (χ0n) is 15.3. The van der Waals surface area contributed by atoms with Gasteiger partial charge in [0.2, 0.25) is 0 Å². The molecule has 1 saturated heterocycles. The van der Waals surface area contributed by atoms with Gasteiger partial charge in [0.05, 0.1) is 17.7 Å². The number of ether oxygens (including phenoxy) is 1. The Morgan fingerprint density at radius 3 is 2.93 bits per heavy atom. The predicted octanol–water partition coefficient (Wildman–Crippen LogP) is 3.82. The molecule has 1 aromatic carbocycles. The van der Waals surface area contributed by atoms with Crippen molar-refractivity contribution in [1.29, 1.82) is 0 Å². The fraction of sp³-hybridized carbons (Fsp3) is 0.200. The number of hydrogen-bond donors (Lipinski definition) is 2. The van der Waals surface area contributed by atoms with Crippen LogP contribution in [0.5, 0.6) is 0 Å². The summed E-state index contributed by atoms with van der Waals surface area (Å²) < 4.78 is 6.81. The number of nitrogens with zero attached hydrogens (tertiary/aromatic N) is 4. The molecule has 4 aromatic rings. The molecule has 0 aliphatic carbocycles. The molecule has 7 nitrogen and oxygen atoms in total. The molecular weight excluding hydrogens is 452 g/mol. The first-order valence-electron chi connectivity index (χ1n) is 9.14. The SMILES string of the molecule is Nc1ncnc2nc(-c3csc(C4CNCCO4)n3)cc(-c3cccc(Br)c3)c12. The van der Waals surface area contributed by atoms with Crippen molar-refractivity contribution in [3.8, 4) is 22.5 Å². The number of fused-ring (bicyclic) bond motifs is 1. The van der Waals surface area contributed by atoms with E-state index in [0.717, 1.165) is 50.5 Å². The molecule has 1 aliphatic rings. The lowest BCUT2D eigenvalue weighted by Gasteiger charge is -2.21. The maximum atomic E-state index is 6.18. The van der Waals surface area contributed by atoms with Gasteiger partial charge in [-0.1, -0.05) is 28.1 Å². The van der Waals surface area contributed by atoms with Crippen molar-refractivity contribution in [2.24, 2.45) is 0 Å². The van der Waals surface area contributed by atoms with E-state index in [0.29, 0.717) is 18.1 Å². The van der Waals surface area contributed by atoms with Gasteiger partial charge in [-0.2, -0.15) is 0 Å². The maximum absolute atomic E-state index is 6.18. The van der Waals surface area contributed by atoms with Crippen molar-refractivity contribution in [3.05, 3.63) is 51.5 Å². The van der Waals surface area contributed by atoms with Crippen molar-refractivity contribution < 1.29 is 4.74 Å². The zero-order valence-corrected chi connectivity index (χ0v) is 17.7. The van der Waals surface area contributed by atoms with E-state index in [1.165, 1.54) is 6.33 Å². The van der Waals surface area contributed by atoms with Crippen molar-refractivity contribution in [1.82, 2.24) is 25.3 Å². The van der Waals surface area contributed by atoms with E-state index >= 15 is 0 Å². The van der Waals surface area contributed by atoms with Gasteiger partial charge in [0, 0.05) is 22.9 Å². The number of aromatic nitrogens is 4. The number of nitrogens with two attached hydrogens (primary N) is 1. The van der Waals surface area contributed by atoms with Crippen LogP contribution < -0.4 is 11.1 Å². The molecule has 9 heteroatoms. The van der Waals surface area contributed by atoms with Gasteiger partial charge in [0.15, 0.2) is 5.65 Å². The summed E-state index contributed by atoms with van der Waals surface area (Å²) >= 11 is 5.13. The quantitative estimate of drug-likeness (QED) is 0.471. The predicted molar refractivity (Wildman–Crippen MR) is 118 cm³/mol. The number of morpholine rings is 1. The van der Waals surface area contributed by atoms with Gasteiger partial charge in [-0.25, -0.2) is 19.9 Å². The normalized spacial score (nSPS) is 16.9. The van der Waals surface area contributed by atoms with Gasteiger partial charge in [-0.15, -0.1) is 11.3 Å². The third kappa shape index (κ3) is 3.62. The Balaban J connectivity index is 1.65. The fourth-order valence-corrected chi connectivity index (χ4v) is 4.64. The van der Waals surface area contributed by atoms with Crippen LogP contribution in [0.4, 0.5) is 5.82 Å². The van der Waals surface area contributed by atoms with Crippen molar-refractivity contribution in [3.63, 3.8) is 0 Å². The first-order valence-corrected chi connectivity index (χ1v) is 10.8. The number of nitrogen functional groups attached to an aromatic ring is 1. The molecule has 5 rings (SSSR count). The third-order valence-corrected chi connectivity index (χ3v) is 6.19. The highest BCUT2D eigenvalue weighted by atomic mass is 79.9. The van der Waals surface area contributed by atoms with Crippen LogP contribution in [-0.4, -0.2) is 39.6 Å². The molecule has 146 valence electrons. The molecule has 3 N–H and O–H groups in total. The van der Waals surface area contributed by atoms with Crippen LogP contribution in [0.2, 0.25) is 0 Å². The van der Waals surface area contributed by atoms with Crippen LogP contribution >= 0.6 is 27.3 Å². The molecule has 0 saturated carbocycles. The first kappa shape index (κ1) is 18.6. The Bertz CT molecular complexity index is 1190. The van der Waals surface area contributed by atoms with Gasteiger partial charge in [-0.05, 0) is 29.3 Å². The summed E-state index contributed by atoms with van der Waals surface area (Å²) in [5.41, 5.74) is 10.2. The number of thiazole rings is 1. The first-order chi connectivity index (χ1) is 14.2. The molecule has 0 bridgehead atoms. The van der Waals surface area contributed by atoms with Crippen LogP contribution in [-0.2, 0) is 4.74 Å². The second kappa shape index (κ2) is 7.75. The molecule has 0 amide bonds. The highest BCUT2D eigenvalue weighted by Gasteiger charge is 2.21. The smallest absolute Gasteiger partial charge is 0.165 e. The van der Waals surface area contributed by atoms with Gasteiger partial charge >= 0.3 is 0 Å². The summed E-state index contributed by atoms with van der Waals surface area (Å²) in [5.74, 6) is 0.407. The summed E-state index contributed by atoms with van der Waals surface area (Å²) in [6, 6.07) is 10.0. The number of hydrogen-bond acceptors (Lipinski definition) is 8. The fourth-order valence-electron chi connectivity index (χ4n) is 3.38. The van der Waals surface area contributed by atoms with Gasteiger partial charge in [0.25, 0.3) is 0 Å². The van der Waals surface area contributed by atoms with Crippen LogP contribution in [0.1, 0.15) is 11.1 Å². The number of halogens is 1. The Morgan fingerprint density at radius 2 is 2.10 bits per heavy atom. The molecule has 1 atom stereocenters. The summed E-state index contributed by atoms with van der Waals surface area (Å²) in [5, 5.41) is 7.04. The van der Waals surface area contributed by atoms with Gasteiger partial charge < -0.3 is 15.8 Å². The van der Waals surface area contributed by atoms with Crippen molar-refractivity contribution >= 4 is 44.1 Å². The topological polar surface area (TPSA) is 98.8 Å². The lowest BCUT2D eigenvalue weighted by atomic mass is 10.0. The van der Waals surface area contributed by atoms with Crippen molar-refractivity contribution in [2.75, 3.05) is 25.4 Å². The third-order valence-electron chi connectivity index (χ3n) is 4.76. The monoisotopic (exact) mass is 468 g/mol. The van der Waals surface area contributed by atoms with Crippen molar-refractivity contribution in [2.45, 2.75) is 6.10 Å². The molecule has 0 spiro atoms. The number of nitrogens with one attached hydrogen (secondary N) is 1. The molecule has 4 heterocycles. The number of anilines is 1. The van der Waals surface area contributed by atoms with E-state index in [4.69, 9.17) is 20.4 Å². The minimum Gasteiger partial charge on any atom is -0.383 e. The van der Waals surface area contributed by atoms with Crippen LogP contribution in [0, 0.1) is 0 Å². The summed E-state index contributed by atoms with van der Waals surface area (Å²) in [6.07, 6.45) is 1.41. The average molecular weight is 469 g/mol. The number of benzene rings is 1. The van der Waals surface area contributed by atoms with E-state index in [1.54, 1.807) is 11.3 Å². The number of pyridine rings is 1. The second-order valence-electron chi connectivity index (χ2n) is 6.66. The standard InChI is InChI=1S/C20H17BrN6OS/c21-12-3-1-2-11(6-12)13-7-14(26-19-17(13)18(22)24-10-25-19)15-9-29-20(27-15)16-8-23-4-5-28-16/h1-3,6-7,9-10,16,23H,4-5,8H2,(H2,22,24,25,26). The van der Waals surface area contributed by atoms with Crippen LogP contribution in [0.3, 0.4) is 0 Å². The van der Waals surface area contributed by atoms with E-state index < -0.39 is 0 Å². The highest BCUT2D eigenvalue weighted by molar-refractivity contribution is 9.10. The van der Waals surface area contributed by atoms with E-state index in [-0.39, 0.29) is 6.10 Å². The Labute approximate surface area is 179 Å². The maximum Gasteiger partial charge on any atom is 0.165 e. The Morgan fingerprint density at radius 1 is 1.17 bits per heavy atom. The lowest BCUT2D eigenvalue weighted by molar-refractivity contribution is 0.0276. The highest BCUT2D eigenvalue weighted by Crippen LogP contribution is 2.35. The zero-order chi connectivity index (χ0) is 19.8. The van der Waals surface area contributed by atoms with Crippen LogP contribution in [0.15, 0.2) is 46.5 Å². The molecule has 1 aliphatic heterocycles. The minimum atomic E-state index is -0.0227. The molecule has 29 heavy (non-hydrogen) atoms. The summed E-state index contributed by atoms with van der Waals surface area (Å²) in [4.78, 5) is 18.0. The molecule has 0 radical (unpaired) electrons. The molecule has 3 aromatic heterocycles. The number of rotatable bonds is 3. The molecule has 1 unspecified atom stereocenters. The largest absolute Gasteiger partial charge is 0.383 e. The van der Waals surface area contributed by atoms with Gasteiger partial charge in [0.1, 0.15) is 29.0 Å². The van der Waals surface area contributed by atoms with E-state index in [2.05, 4.69) is 31.2 Å². The average Bonchev–Trinajstić information content (AvgIpc) is 3.24. The Hall–Kier alpha value is -2.46. The second-order valence-corrected chi connectivity index (χ2v) is 8.46. The molecule has 1 fully saturated rings. The molecular formula is C20H17BrN6OS.